The molecule has 3 rings (SSSR count). The molecule has 2 aromatic rings. The highest BCUT2D eigenvalue weighted by Crippen LogP contribution is 2.36. The molecule has 0 saturated carbocycles. The van der Waals surface area contributed by atoms with Crippen molar-refractivity contribution in [2.24, 2.45) is 0 Å². The van der Waals surface area contributed by atoms with E-state index in [1.165, 1.54) is 20.9 Å². The van der Waals surface area contributed by atoms with Gasteiger partial charge in [-0.15, -0.1) is 11.3 Å². The molecular weight excluding hydrogens is 346 g/mol. The molecule has 1 aromatic carbocycles. The lowest BCUT2D eigenvalue weighted by Crippen LogP contribution is -2.18. The van der Waals surface area contributed by atoms with Crippen LogP contribution in [0.15, 0.2) is 28.7 Å². The van der Waals surface area contributed by atoms with Gasteiger partial charge < -0.3 is 10.1 Å². The van der Waals surface area contributed by atoms with E-state index in [0.717, 1.165) is 36.1 Å². The van der Waals surface area contributed by atoms with Gasteiger partial charge in [0.15, 0.2) is 0 Å². The highest BCUT2D eigenvalue weighted by molar-refractivity contribution is 9.10. The molecule has 0 radical (unpaired) electrons. The Balaban J connectivity index is 1.87. The largest absolute Gasteiger partial charge is 0.493 e. The maximum Gasteiger partial charge on any atom is 0.125 e. The first-order chi connectivity index (χ1) is 10.2. The fraction of sp³-hybridized carbons (Fsp3) is 0.412. The molecule has 1 N–H and O–H groups in total. The predicted octanol–water partition coefficient (Wildman–Crippen LogP) is 4.51. The second-order valence-corrected chi connectivity index (χ2v) is 7.47. The van der Waals surface area contributed by atoms with Crippen LogP contribution in [0.2, 0.25) is 0 Å². The number of rotatable bonds is 5. The number of benzene rings is 1. The highest BCUT2D eigenvalue weighted by atomic mass is 79.9. The van der Waals surface area contributed by atoms with Crippen molar-refractivity contribution in [3.8, 4) is 5.75 Å². The Kier molecular flexibility index (Phi) is 4.67. The van der Waals surface area contributed by atoms with E-state index in [0.29, 0.717) is 6.04 Å². The maximum atomic E-state index is 5.85. The molecular formula is C17H20BrNOS. The van der Waals surface area contributed by atoms with Crippen LogP contribution in [0.1, 0.15) is 33.8 Å². The fourth-order valence-corrected chi connectivity index (χ4v) is 4.45. The molecule has 1 aromatic heterocycles. The van der Waals surface area contributed by atoms with E-state index in [1.54, 1.807) is 0 Å². The zero-order valence-electron chi connectivity index (χ0n) is 12.4. The summed E-state index contributed by atoms with van der Waals surface area (Å²) in [6.45, 7) is 3.01. The third-order valence-corrected chi connectivity index (χ3v) is 5.77. The third-order valence-electron chi connectivity index (χ3n) is 3.97. The Bertz CT molecular complexity index is 638. The number of aryl methyl sites for hydroxylation is 1. The quantitative estimate of drug-likeness (QED) is 0.841. The predicted molar refractivity (Wildman–Crippen MR) is 92.5 cm³/mol. The minimum atomic E-state index is 0.345. The summed E-state index contributed by atoms with van der Waals surface area (Å²) >= 11 is 5.53. The highest BCUT2D eigenvalue weighted by Gasteiger charge is 2.21. The van der Waals surface area contributed by atoms with Crippen molar-refractivity contribution in [3.05, 3.63) is 49.6 Å². The lowest BCUT2D eigenvalue weighted by molar-refractivity contribution is 0.352. The van der Waals surface area contributed by atoms with E-state index in [2.05, 4.69) is 52.4 Å². The Hall–Kier alpha value is -0.840. The second-order valence-electron chi connectivity index (χ2n) is 5.35. The molecule has 0 fully saturated rings. The van der Waals surface area contributed by atoms with E-state index in [-0.39, 0.29) is 0 Å². The Morgan fingerprint density at radius 1 is 1.38 bits per heavy atom. The topological polar surface area (TPSA) is 21.3 Å². The lowest BCUT2D eigenvalue weighted by atomic mass is 10.0. The number of ether oxygens (including phenoxy) is 1. The van der Waals surface area contributed by atoms with Crippen molar-refractivity contribution in [1.82, 2.24) is 5.32 Å². The number of hydrogen-bond acceptors (Lipinski definition) is 3. The molecule has 1 atom stereocenters. The van der Waals surface area contributed by atoms with Gasteiger partial charge in [0.25, 0.3) is 0 Å². The van der Waals surface area contributed by atoms with Gasteiger partial charge in [0, 0.05) is 26.7 Å². The minimum Gasteiger partial charge on any atom is -0.493 e. The van der Waals surface area contributed by atoms with Crippen LogP contribution in [0.25, 0.3) is 0 Å². The van der Waals surface area contributed by atoms with Gasteiger partial charge in [-0.2, -0.15) is 0 Å². The summed E-state index contributed by atoms with van der Waals surface area (Å²) in [7, 11) is 2.04. The first-order valence-electron chi connectivity index (χ1n) is 7.41. The van der Waals surface area contributed by atoms with Crippen LogP contribution >= 0.6 is 27.3 Å². The summed E-state index contributed by atoms with van der Waals surface area (Å²) in [5.41, 5.74) is 2.62. The van der Waals surface area contributed by atoms with Crippen LogP contribution in [0.5, 0.6) is 5.75 Å². The molecule has 1 unspecified atom stereocenters. The Labute approximate surface area is 138 Å². The van der Waals surface area contributed by atoms with Gasteiger partial charge in [0.1, 0.15) is 5.75 Å². The summed E-state index contributed by atoms with van der Waals surface area (Å²) in [4.78, 5) is 2.85. The Morgan fingerprint density at radius 2 is 2.24 bits per heavy atom. The van der Waals surface area contributed by atoms with Crippen LogP contribution in [0.3, 0.4) is 0 Å². The van der Waals surface area contributed by atoms with Gasteiger partial charge in [0.2, 0.25) is 0 Å². The number of likely N-dealkylation sites (N-methyl/N-ethyl adjacent to an activating group) is 1. The summed E-state index contributed by atoms with van der Waals surface area (Å²) < 4.78 is 7.00. The molecule has 0 saturated heterocycles. The van der Waals surface area contributed by atoms with Gasteiger partial charge in [-0.1, -0.05) is 22.9 Å². The molecule has 112 valence electrons. The molecule has 0 amide bonds. The van der Waals surface area contributed by atoms with Crippen molar-refractivity contribution in [2.45, 2.75) is 32.2 Å². The molecule has 1 aliphatic rings. The second kappa shape index (κ2) is 6.51. The minimum absolute atomic E-state index is 0.345. The van der Waals surface area contributed by atoms with Crippen molar-refractivity contribution in [1.29, 1.82) is 0 Å². The molecule has 1 aliphatic heterocycles. The fourth-order valence-electron chi connectivity index (χ4n) is 2.83. The molecule has 0 aliphatic carbocycles. The average molecular weight is 366 g/mol. The summed E-state index contributed by atoms with van der Waals surface area (Å²) in [6.07, 6.45) is 3.09. The van der Waals surface area contributed by atoms with E-state index < -0.39 is 0 Å². The molecule has 2 nitrogen and oxygen atoms in total. The summed E-state index contributed by atoms with van der Waals surface area (Å²) in [6, 6.07) is 9.22. The number of halogens is 1. The number of thiophene rings is 1. The first kappa shape index (κ1) is 15.1. The SMILES string of the molecule is CCc1ccc(C(Cc2cc(Br)cc3c2OCC3)NC)s1. The van der Waals surface area contributed by atoms with Crippen LogP contribution in [-0.2, 0) is 19.3 Å². The normalized spacial score (nSPS) is 14.8. The lowest BCUT2D eigenvalue weighted by Gasteiger charge is -2.17. The molecule has 0 bridgehead atoms. The smallest absolute Gasteiger partial charge is 0.125 e. The van der Waals surface area contributed by atoms with Crippen molar-refractivity contribution >= 4 is 27.3 Å². The molecule has 21 heavy (non-hydrogen) atoms. The van der Waals surface area contributed by atoms with Crippen LogP contribution < -0.4 is 10.1 Å². The zero-order chi connectivity index (χ0) is 14.8. The summed E-state index contributed by atoms with van der Waals surface area (Å²) in [5.74, 6) is 1.10. The third kappa shape index (κ3) is 3.17. The first-order valence-corrected chi connectivity index (χ1v) is 9.02. The van der Waals surface area contributed by atoms with Crippen LogP contribution in [-0.4, -0.2) is 13.7 Å². The van der Waals surface area contributed by atoms with Gasteiger partial charge >= 0.3 is 0 Å². The number of fused-ring (bicyclic) bond motifs is 1. The van der Waals surface area contributed by atoms with Crippen molar-refractivity contribution in [2.75, 3.05) is 13.7 Å². The average Bonchev–Trinajstić information content (AvgIpc) is 3.12. The van der Waals surface area contributed by atoms with E-state index in [9.17, 15) is 0 Å². The van der Waals surface area contributed by atoms with Crippen molar-refractivity contribution < 1.29 is 4.74 Å². The van der Waals surface area contributed by atoms with E-state index in [4.69, 9.17) is 4.74 Å². The standard InChI is InChI=1S/C17H20BrNOS/c1-3-14-4-5-16(21-14)15(19-2)10-12-9-13(18)8-11-6-7-20-17(11)12/h4-5,8-9,15,19H,3,6-7,10H2,1-2H3. The van der Waals surface area contributed by atoms with Crippen LogP contribution in [0, 0.1) is 0 Å². The Morgan fingerprint density at radius 3 is 2.95 bits per heavy atom. The zero-order valence-corrected chi connectivity index (χ0v) is 14.8. The van der Waals surface area contributed by atoms with Gasteiger partial charge in [-0.05, 0) is 55.3 Å². The van der Waals surface area contributed by atoms with Crippen molar-refractivity contribution in [3.63, 3.8) is 0 Å². The van der Waals surface area contributed by atoms with E-state index >= 15 is 0 Å². The maximum absolute atomic E-state index is 5.85. The van der Waals surface area contributed by atoms with Gasteiger partial charge in [-0.25, -0.2) is 0 Å². The summed E-state index contributed by atoms with van der Waals surface area (Å²) in [5, 5.41) is 3.45. The molecule has 4 heteroatoms. The molecule has 2 heterocycles. The number of nitrogens with one attached hydrogen (secondary N) is 1. The van der Waals surface area contributed by atoms with Gasteiger partial charge in [-0.3, -0.25) is 0 Å². The van der Waals surface area contributed by atoms with Crippen LogP contribution in [0.4, 0.5) is 0 Å². The van der Waals surface area contributed by atoms with Gasteiger partial charge in [0.05, 0.1) is 6.61 Å². The monoisotopic (exact) mass is 365 g/mol. The number of hydrogen-bond donors (Lipinski definition) is 1. The van der Waals surface area contributed by atoms with E-state index in [1.807, 2.05) is 18.4 Å². The molecule has 0 spiro atoms.